The van der Waals surface area contributed by atoms with Crippen LogP contribution in [0.15, 0.2) is 0 Å². The Morgan fingerprint density at radius 2 is 1.87 bits per heavy atom. The number of nitrogens with one attached hydrogen (secondary N) is 1. The molecule has 0 aliphatic heterocycles. The van der Waals surface area contributed by atoms with Crippen LogP contribution in [0.3, 0.4) is 0 Å². The molecule has 0 aliphatic carbocycles. The number of ether oxygens (including phenoxy) is 1. The van der Waals surface area contributed by atoms with Crippen LogP contribution in [0.5, 0.6) is 0 Å². The van der Waals surface area contributed by atoms with Crippen LogP contribution in [0.2, 0.25) is 13.6 Å². The summed E-state index contributed by atoms with van der Waals surface area (Å²) in [4.78, 5) is 0. The van der Waals surface area contributed by atoms with Crippen molar-refractivity contribution in [3.63, 3.8) is 0 Å². The summed E-state index contributed by atoms with van der Waals surface area (Å²) in [5.41, 5.74) is 0.0107. The molecule has 0 saturated heterocycles. The second-order valence-electron chi connectivity index (χ2n) is 5.65. The molecule has 0 saturated carbocycles. The predicted octanol–water partition coefficient (Wildman–Crippen LogP) is 3.06. The molecule has 0 aromatic carbocycles. The molecule has 1 N–H and O–H groups in total. The molecule has 3 heteroatoms. The van der Waals surface area contributed by atoms with E-state index in [2.05, 4.69) is 46.6 Å². The summed E-state index contributed by atoms with van der Waals surface area (Å²) in [5.74, 6) is 0.731. The Labute approximate surface area is 96.3 Å². The van der Waals surface area contributed by atoms with E-state index in [0.717, 1.165) is 31.9 Å². The van der Waals surface area contributed by atoms with Crippen LogP contribution < -0.4 is 5.23 Å². The van der Waals surface area contributed by atoms with E-state index in [-0.39, 0.29) is 5.60 Å². The molecular weight excluding hydrogens is 185 g/mol. The van der Waals surface area contributed by atoms with E-state index in [9.17, 15) is 0 Å². The molecule has 0 atom stereocenters. The monoisotopic (exact) mass is 213 g/mol. The Morgan fingerprint density at radius 1 is 1.27 bits per heavy atom. The van der Waals surface area contributed by atoms with Gasteiger partial charge < -0.3 is 9.96 Å². The van der Waals surface area contributed by atoms with E-state index in [0.29, 0.717) is 6.85 Å². The van der Waals surface area contributed by atoms with Crippen LogP contribution in [0.1, 0.15) is 40.5 Å². The zero-order valence-corrected chi connectivity index (χ0v) is 11.4. The third kappa shape index (κ3) is 10.3. The molecule has 0 aromatic heterocycles. The van der Waals surface area contributed by atoms with E-state index < -0.39 is 0 Å². The van der Waals surface area contributed by atoms with Gasteiger partial charge in [-0.25, -0.2) is 0 Å². The van der Waals surface area contributed by atoms with Gasteiger partial charge in [-0.3, -0.25) is 0 Å². The van der Waals surface area contributed by atoms with Crippen molar-refractivity contribution in [3.8, 4) is 0 Å². The minimum Gasteiger partial charge on any atom is -0.376 e. The van der Waals surface area contributed by atoms with Crippen molar-refractivity contribution in [1.29, 1.82) is 0 Å². The van der Waals surface area contributed by atoms with Crippen LogP contribution in [-0.4, -0.2) is 25.6 Å². The van der Waals surface area contributed by atoms with Crippen molar-refractivity contribution >= 4 is 6.85 Å². The first-order chi connectivity index (χ1) is 6.83. The van der Waals surface area contributed by atoms with Crippen LogP contribution in [-0.2, 0) is 4.74 Å². The highest BCUT2D eigenvalue weighted by Gasteiger charge is 2.17. The molecular formula is C12H28BNO. The zero-order chi connectivity index (χ0) is 11.9. The van der Waals surface area contributed by atoms with Crippen molar-refractivity contribution in [1.82, 2.24) is 5.23 Å². The van der Waals surface area contributed by atoms with Crippen LogP contribution in [0.4, 0.5) is 0 Å². The van der Waals surface area contributed by atoms with Gasteiger partial charge in [-0.1, -0.05) is 27.5 Å². The molecule has 0 bridgehead atoms. The van der Waals surface area contributed by atoms with Crippen molar-refractivity contribution < 1.29 is 4.74 Å². The smallest absolute Gasteiger partial charge is 0.213 e. The van der Waals surface area contributed by atoms with E-state index in [1.54, 1.807) is 0 Å². The molecule has 0 fully saturated rings. The van der Waals surface area contributed by atoms with Gasteiger partial charge in [0.25, 0.3) is 0 Å². The van der Waals surface area contributed by atoms with Gasteiger partial charge in [-0.2, -0.15) is 0 Å². The van der Waals surface area contributed by atoms with Gasteiger partial charge in [-0.05, 0) is 39.2 Å². The molecule has 0 heterocycles. The molecule has 15 heavy (non-hydrogen) atoms. The predicted molar refractivity (Wildman–Crippen MR) is 69.6 cm³/mol. The minimum absolute atomic E-state index is 0.0107. The van der Waals surface area contributed by atoms with Crippen molar-refractivity contribution in [2.45, 2.75) is 59.8 Å². The molecule has 0 spiro atoms. The maximum atomic E-state index is 5.88. The number of hydrogen-bond acceptors (Lipinski definition) is 2. The Morgan fingerprint density at radius 3 is 2.33 bits per heavy atom. The summed E-state index contributed by atoms with van der Waals surface area (Å²) >= 11 is 0. The van der Waals surface area contributed by atoms with Crippen LogP contribution in [0.25, 0.3) is 0 Å². The summed E-state index contributed by atoms with van der Waals surface area (Å²) < 4.78 is 5.88. The third-order valence-corrected chi connectivity index (χ3v) is 2.47. The van der Waals surface area contributed by atoms with Crippen LogP contribution >= 0.6 is 0 Å². The summed E-state index contributed by atoms with van der Waals surface area (Å²) in [6.45, 7) is 15.6. The normalized spacial score (nSPS) is 12.2. The van der Waals surface area contributed by atoms with E-state index in [1.807, 2.05) is 0 Å². The van der Waals surface area contributed by atoms with Gasteiger partial charge >= 0.3 is 0 Å². The molecule has 0 aromatic rings. The first kappa shape index (κ1) is 15.0. The Balaban J connectivity index is 3.57. The second kappa shape index (κ2) is 7.29. The lowest BCUT2D eigenvalue weighted by molar-refractivity contribution is -0.0265. The van der Waals surface area contributed by atoms with Gasteiger partial charge in [0.15, 0.2) is 0 Å². The first-order valence-electron chi connectivity index (χ1n) is 6.21. The highest BCUT2D eigenvalue weighted by molar-refractivity contribution is 6.52. The van der Waals surface area contributed by atoms with Crippen molar-refractivity contribution in [2.75, 3.05) is 13.2 Å². The largest absolute Gasteiger partial charge is 0.376 e. The lowest BCUT2D eigenvalue weighted by Gasteiger charge is -2.26. The standard InChI is InChI=1S/C12H28BNO/c1-11(2)7-10-15-12(3,4)8-9-14-13(5)6/h11,14H,7-10H2,1-6H3. The van der Waals surface area contributed by atoms with Gasteiger partial charge in [0.2, 0.25) is 6.85 Å². The summed E-state index contributed by atoms with van der Waals surface area (Å²) in [7, 11) is 0. The molecule has 0 rings (SSSR count). The van der Waals surface area contributed by atoms with Crippen molar-refractivity contribution in [3.05, 3.63) is 0 Å². The van der Waals surface area contributed by atoms with Crippen LogP contribution in [0, 0.1) is 5.92 Å². The van der Waals surface area contributed by atoms with E-state index in [1.165, 1.54) is 0 Å². The quantitative estimate of drug-likeness (QED) is 0.625. The number of hydrogen-bond donors (Lipinski definition) is 1. The maximum Gasteiger partial charge on any atom is 0.213 e. The third-order valence-electron chi connectivity index (χ3n) is 2.47. The van der Waals surface area contributed by atoms with E-state index >= 15 is 0 Å². The molecule has 0 unspecified atom stereocenters. The topological polar surface area (TPSA) is 21.3 Å². The SMILES string of the molecule is CB(C)NCCC(C)(C)OCCC(C)C. The fourth-order valence-electron chi connectivity index (χ4n) is 1.30. The molecule has 2 nitrogen and oxygen atoms in total. The maximum absolute atomic E-state index is 5.88. The molecule has 0 radical (unpaired) electrons. The molecule has 0 amide bonds. The molecule has 90 valence electrons. The van der Waals surface area contributed by atoms with Gasteiger partial charge in [0.1, 0.15) is 0 Å². The van der Waals surface area contributed by atoms with Gasteiger partial charge in [0.05, 0.1) is 5.60 Å². The fraction of sp³-hybridized carbons (Fsp3) is 1.00. The highest BCUT2D eigenvalue weighted by Crippen LogP contribution is 2.15. The summed E-state index contributed by atoms with van der Waals surface area (Å²) in [5, 5.41) is 3.42. The number of rotatable bonds is 8. The lowest BCUT2D eigenvalue weighted by Crippen LogP contribution is -2.35. The van der Waals surface area contributed by atoms with E-state index in [4.69, 9.17) is 4.74 Å². The first-order valence-corrected chi connectivity index (χ1v) is 6.21. The van der Waals surface area contributed by atoms with Gasteiger partial charge in [-0.15, -0.1) is 0 Å². The lowest BCUT2D eigenvalue weighted by atomic mass is 9.68. The fourth-order valence-corrected chi connectivity index (χ4v) is 1.30. The summed E-state index contributed by atoms with van der Waals surface area (Å²) in [6, 6.07) is 0. The zero-order valence-electron chi connectivity index (χ0n) is 11.4. The minimum atomic E-state index is 0.0107. The highest BCUT2D eigenvalue weighted by atomic mass is 16.5. The summed E-state index contributed by atoms with van der Waals surface area (Å²) in [6.07, 6.45) is 2.23. The Hall–Kier alpha value is -0.0151. The van der Waals surface area contributed by atoms with Gasteiger partial charge in [0, 0.05) is 6.61 Å². The second-order valence-corrected chi connectivity index (χ2v) is 5.65. The van der Waals surface area contributed by atoms with Crippen molar-refractivity contribution in [2.24, 2.45) is 5.92 Å². The Kier molecular flexibility index (Phi) is 7.28. The Bertz CT molecular complexity index is 142. The average molecular weight is 213 g/mol. The average Bonchev–Trinajstić information content (AvgIpc) is 2.01. The molecule has 0 aliphatic rings.